The zero-order valence-electron chi connectivity index (χ0n) is 12.3. The summed E-state index contributed by atoms with van der Waals surface area (Å²) in [5.74, 6) is 0. The van der Waals surface area contributed by atoms with Crippen molar-refractivity contribution in [1.82, 2.24) is 0 Å². The summed E-state index contributed by atoms with van der Waals surface area (Å²) in [6, 6.07) is 11.8. The van der Waals surface area contributed by atoms with Crippen LogP contribution in [0, 0.1) is 20.2 Å². The van der Waals surface area contributed by atoms with Crippen LogP contribution < -0.4 is 0 Å². The van der Waals surface area contributed by atoms with Gasteiger partial charge in [-0.05, 0) is 12.1 Å². The second-order valence-electron chi connectivity index (χ2n) is 4.60. The average Bonchev–Trinajstić information content (AvgIpc) is 2.58. The fraction of sp³-hybridized carbons (Fsp3) is 0.143. The zero-order valence-corrected chi connectivity index (χ0v) is 13.3. The van der Waals surface area contributed by atoms with Crippen molar-refractivity contribution in [3.05, 3.63) is 79.9 Å². The van der Waals surface area contributed by atoms with Crippen LogP contribution >= 0.6 is 8.25 Å². The molecular formula is C14H13N2O7P. The van der Waals surface area contributed by atoms with Crippen molar-refractivity contribution in [2.75, 3.05) is 0 Å². The smallest absolute Gasteiger partial charge is 0.306 e. The molecular weight excluding hydrogens is 339 g/mol. The lowest BCUT2D eigenvalue weighted by Gasteiger charge is -2.07. The minimum atomic E-state index is -2.96. The predicted octanol–water partition coefficient (Wildman–Crippen LogP) is 3.63. The Balaban J connectivity index is 1.93. The molecule has 0 atom stereocenters. The topological polar surface area (TPSA) is 122 Å². The van der Waals surface area contributed by atoms with Gasteiger partial charge in [-0.3, -0.25) is 24.8 Å². The Bertz CT molecular complexity index is 718. The van der Waals surface area contributed by atoms with Crippen LogP contribution in [0.3, 0.4) is 0 Å². The van der Waals surface area contributed by atoms with Crippen LogP contribution in [0.4, 0.5) is 11.4 Å². The molecule has 0 amide bonds. The van der Waals surface area contributed by atoms with Gasteiger partial charge in [-0.15, -0.1) is 0 Å². The van der Waals surface area contributed by atoms with E-state index in [1.165, 1.54) is 36.4 Å². The van der Waals surface area contributed by atoms with E-state index >= 15 is 0 Å². The molecule has 10 heteroatoms. The van der Waals surface area contributed by atoms with Crippen molar-refractivity contribution in [3.63, 3.8) is 0 Å². The van der Waals surface area contributed by atoms with Gasteiger partial charge in [0.05, 0.1) is 34.2 Å². The molecule has 0 spiro atoms. The van der Waals surface area contributed by atoms with E-state index in [0.717, 1.165) is 0 Å². The molecule has 0 heterocycles. The summed E-state index contributed by atoms with van der Waals surface area (Å²) in [5, 5.41) is 21.7. The molecule has 2 aromatic carbocycles. The lowest BCUT2D eigenvalue weighted by Crippen LogP contribution is -1.97. The summed E-state index contributed by atoms with van der Waals surface area (Å²) in [4.78, 5) is 20.6. The van der Waals surface area contributed by atoms with E-state index in [4.69, 9.17) is 9.05 Å². The molecule has 0 radical (unpaired) electrons. The molecule has 2 rings (SSSR count). The number of hydrogen-bond donors (Lipinski definition) is 0. The molecule has 126 valence electrons. The monoisotopic (exact) mass is 352 g/mol. The number of nitrogens with zero attached hydrogens (tertiary/aromatic N) is 2. The van der Waals surface area contributed by atoms with Crippen molar-refractivity contribution < 1.29 is 23.5 Å². The fourth-order valence-electron chi connectivity index (χ4n) is 1.94. The second-order valence-corrected chi connectivity index (χ2v) is 5.68. The number of nitro benzene ring substituents is 2. The van der Waals surface area contributed by atoms with Gasteiger partial charge in [0.15, 0.2) is 0 Å². The molecule has 0 saturated heterocycles. The number of nitro groups is 2. The van der Waals surface area contributed by atoms with Crippen LogP contribution in [-0.4, -0.2) is 9.85 Å². The minimum Gasteiger partial charge on any atom is -0.306 e. The highest BCUT2D eigenvalue weighted by Crippen LogP contribution is 2.31. The standard InChI is InChI=1S/C14H13N2O7P/c17-15(18)13-7-3-1-5-11(13)9-22-24(21)23-10-12-6-2-4-8-14(12)16(19)20/h1-8,24H,9-10H2. The Hall–Kier alpha value is -2.61. The maximum atomic E-state index is 11.8. The molecule has 0 aromatic heterocycles. The van der Waals surface area contributed by atoms with Crippen molar-refractivity contribution in [3.8, 4) is 0 Å². The van der Waals surface area contributed by atoms with Crippen LogP contribution in [0.25, 0.3) is 0 Å². The van der Waals surface area contributed by atoms with E-state index in [1.54, 1.807) is 12.1 Å². The lowest BCUT2D eigenvalue weighted by atomic mass is 10.2. The summed E-state index contributed by atoms with van der Waals surface area (Å²) in [5.41, 5.74) is 0.224. The average molecular weight is 352 g/mol. The van der Waals surface area contributed by atoms with Gasteiger partial charge in [-0.2, -0.15) is 0 Å². The third kappa shape index (κ3) is 4.69. The van der Waals surface area contributed by atoms with Crippen molar-refractivity contribution in [1.29, 1.82) is 0 Å². The predicted molar refractivity (Wildman–Crippen MR) is 84.8 cm³/mol. The SMILES string of the molecule is O=[N+]([O-])c1ccccc1CO[PH](=O)OCc1ccccc1[N+](=O)[O-]. The molecule has 0 aliphatic heterocycles. The highest BCUT2D eigenvalue weighted by molar-refractivity contribution is 7.33. The lowest BCUT2D eigenvalue weighted by molar-refractivity contribution is -0.385. The summed E-state index contributed by atoms with van der Waals surface area (Å²) in [6.07, 6.45) is 0. The molecule has 0 N–H and O–H groups in total. The van der Waals surface area contributed by atoms with E-state index in [1.807, 2.05) is 0 Å². The first-order chi connectivity index (χ1) is 11.5. The number of rotatable bonds is 8. The number of hydrogen-bond acceptors (Lipinski definition) is 7. The number of benzene rings is 2. The summed E-state index contributed by atoms with van der Waals surface area (Å²) in [6.45, 7) is -0.516. The molecule has 2 aromatic rings. The maximum Gasteiger partial charge on any atom is 0.319 e. The highest BCUT2D eigenvalue weighted by atomic mass is 31.1. The van der Waals surface area contributed by atoms with E-state index in [2.05, 4.69) is 0 Å². The van der Waals surface area contributed by atoms with Crippen LogP contribution in [0.1, 0.15) is 11.1 Å². The Kier molecular flexibility index (Phi) is 6.14. The van der Waals surface area contributed by atoms with Crippen LogP contribution in [0.15, 0.2) is 48.5 Å². The first kappa shape index (κ1) is 17.7. The van der Waals surface area contributed by atoms with E-state index < -0.39 is 18.1 Å². The molecule has 0 aliphatic rings. The Morgan fingerprint density at radius 3 is 1.54 bits per heavy atom. The molecule has 0 bridgehead atoms. The van der Waals surface area contributed by atoms with Crippen molar-refractivity contribution in [2.45, 2.75) is 13.2 Å². The zero-order chi connectivity index (χ0) is 17.5. The molecule has 0 aliphatic carbocycles. The van der Waals surface area contributed by atoms with Gasteiger partial charge in [0.25, 0.3) is 11.4 Å². The second kappa shape index (κ2) is 8.30. The van der Waals surface area contributed by atoms with Crippen molar-refractivity contribution in [2.24, 2.45) is 0 Å². The third-order valence-corrected chi connectivity index (χ3v) is 3.83. The van der Waals surface area contributed by atoms with Crippen LogP contribution in [0.5, 0.6) is 0 Å². The largest absolute Gasteiger partial charge is 0.319 e. The molecule has 24 heavy (non-hydrogen) atoms. The molecule has 0 saturated carbocycles. The highest BCUT2D eigenvalue weighted by Gasteiger charge is 2.15. The third-order valence-electron chi connectivity index (χ3n) is 3.07. The number of para-hydroxylation sites is 2. The Morgan fingerprint density at radius 2 is 1.17 bits per heavy atom. The minimum absolute atomic E-state index is 0.147. The quantitative estimate of drug-likeness (QED) is 0.404. The summed E-state index contributed by atoms with van der Waals surface area (Å²) >= 11 is 0. The van der Waals surface area contributed by atoms with Gasteiger partial charge in [0.1, 0.15) is 0 Å². The first-order valence-corrected chi connectivity index (χ1v) is 7.95. The van der Waals surface area contributed by atoms with Gasteiger partial charge in [-0.1, -0.05) is 24.3 Å². The van der Waals surface area contributed by atoms with Crippen molar-refractivity contribution >= 4 is 19.6 Å². The van der Waals surface area contributed by atoms with E-state index in [0.29, 0.717) is 0 Å². The van der Waals surface area contributed by atoms with Crippen LogP contribution in [0.2, 0.25) is 0 Å². The van der Waals surface area contributed by atoms with Gasteiger partial charge in [0.2, 0.25) is 0 Å². The summed E-state index contributed by atoms with van der Waals surface area (Å²) in [7, 11) is -2.96. The van der Waals surface area contributed by atoms with E-state index in [-0.39, 0.29) is 35.7 Å². The first-order valence-electron chi connectivity index (χ1n) is 6.73. The molecule has 0 fully saturated rings. The van der Waals surface area contributed by atoms with Crippen LogP contribution in [-0.2, 0) is 26.8 Å². The fourth-order valence-corrected chi connectivity index (χ4v) is 2.57. The normalized spacial score (nSPS) is 10.7. The van der Waals surface area contributed by atoms with Gasteiger partial charge in [-0.25, -0.2) is 0 Å². The van der Waals surface area contributed by atoms with E-state index in [9.17, 15) is 24.8 Å². The molecule has 9 nitrogen and oxygen atoms in total. The molecule has 0 unspecified atom stereocenters. The van der Waals surface area contributed by atoms with Gasteiger partial charge in [0, 0.05) is 12.1 Å². The van der Waals surface area contributed by atoms with Gasteiger partial charge >= 0.3 is 8.25 Å². The Morgan fingerprint density at radius 1 is 0.792 bits per heavy atom. The van der Waals surface area contributed by atoms with Gasteiger partial charge < -0.3 is 9.05 Å². The summed E-state index contributed by atoms with van der Waals surface area (Å²) < 4.78 is 21.7. The maximum absolute atomic E-state index is 11.8. The Labute approximate surface area is 137 Å².